The van der Waals surface area contributed by atoms with Crippen molar-refractivity contribution in [1.29, 1.82) is 0 Å². The summed E-state index contributed by atoms with van der Waals surface area (Å²) < 4.78 is 56.2. The smallest absolute Gasteiger partial charge is 0.348 e. The van der Waals surface area contributed by atoms with Gasteiger partial charge < -0.3 is 9.88 Å². The van der Waals surface area contributed by atoms with Crippen LogP contribution in [-0.4, -0.2) is 16.2 Å². The number of hydrogen-bond donors (Lipinski definition) is 1. The van der Waals surface area contributed by atoms with Crippen LogP contribution < -0.4 is 5.32 Å². The van der Waals surface area contributed by atoms with E-state index in [1.165, 1.54) is 11.0 Å². The van der Waals surface area contributed by atoms with Gasteiger partial charge >= 0.3 is 6.18 Å². The zero-order valence-corrected chi connectivity index (χ0v) is 21.6. The van der Waals surface area contributed by atoms with Crippen molar-refractivity contribution in [2.75, 3.05) is 5.75 Å². The van der Waals surface area contributed by atoms with Gasteiger partial charge in [-0.25, -0.2) is 4.39 Å². The lowest BCUT2D eigenvalue weighted by Crippen LogP contribution is -2.22. The summed E-state index contributed by atoms with van der Waals surface area (Å²) in [5, 5.41) is 3.69. The highest BCUT2D eigenvalue weighted by Gasteiger charge is 2.34. The molecule has 8 heteroatoms. The van der Waals surface area contributed by atoms with Gasteiger partial charge in [-0.05, 0) is 79.3 Å². The van der Waals surface area contributed by atoms with Gasteiger partial charge in [0.1, 0.15) is 5.82 Å². The maximum absolute atomic E-state index is 13.6. The van der Waals surface area contributed by atoms with Crippen molar-refractivity contribution in [3.05, 3.63) is 100 Å². The Kier molecular flexibility index (Phi) is 7.97. The second-order valence-electron chi connectivity index (χ2n) is 9.11. The van der Waals surface area contributed by atoms with Gasteiger partial charge in [-0.1, -0.05) is 25.1 Å². The SMILES string of the molecule is CCSc1ccc(CNC(=O)c2ccc3c(c2)cc(Cc2ccc(F)cc2C(F)(F)F)n3C(C)C)cc1. The molecule has 0 unspecified atom stereocenters. The summed E-state index contributed by atoms with van der Waals surface area (Å²) in [5.74, 6) is -0.163. The summed E-state index contributed by atoms with van der Waals surface area (Å²) in [4.78, 5) is 14.0. The van der Waals surface area contributed by atoms with Crippen LogP contribution in [0.4, 0.5) is 17.6 Å². The molecular weight excluding hydrogens is 500 g/mol. The molecule has 1 aromatic heterocycles. The van der Waals surface area contributed by atoms with Gasteiger partial charge in [0, 0.05) is 46.1 Å². The quantitative estimate of drug-likeness (QED) is 0.186. The maximum atomic E-state index is 13.6. The number of rotatable bonds is 8. The van der Waals surface area contributed by atoms with Gasteiger partial charge in [0.2, 0.25) is 0 Å². The number of nitrogens with zero attached hydrogens (tertiary/aromatic N) is 1. The van der Waals surface area contributed by atoms with E-state index < -0.39 is 17.6 Å². The van der Waals surface area contributed by atoms with Gasteiger partial charge in [-0.3, -0.25) is 4.79 Å². The zero-order chi connectivity index (χ0) is 26.7. The Morgan fingerprint density at radius 1 is 1.00 bits per heavy atom. The standard InChI is InChI=1S/C29H28F4N2OS/c1-4-37-25-10-5-19(6-11-25)17-34-28(36)21-8-12-27-22(13-21)15-24(35(27)18(2)3)14-20-7-9-23(30)16-26(20)29(31,32)33/h5-13,15-16,18H,4,14,17H2,1-3H3,(H,34,36). The van der Waals surface area contributed by atoms with E-state index in [2.05, 4.69) is 12.2 Å². The van der Waals surface area contributed by atoms with Crippen LogP contribution in [0.25, 0.3) is 10.9 Å². The van der Waals surface area contributed by atoms with Crippen LogP contribution in [0.2, 0.25) is 0 Å². The van der Waals surface area contributed by atoms with Crippen molar-refractivity contribution in [3.63, 3.8) is 0 Å². The van der Waals surface area contributed by atoms with E-state index in [9.17, 15) is 22.4 Å². The highest BCUT2D eigenvalue weighted by Crippen LogP contribution is 2.35. The third kappa shape index (κ3) is 6.18. The third-order valence-corrected chi connectivity index (χ3v) is 7.03. The molecule has 194 valence electrons. The predicted molar refractivity (Wildman–Crippen MR) is 141 cm³/mol. The fourth-order valence-electron chi connectivity index (χ4n) is 4.50. The first kappa shape index (κ1) is 26.8. The van der Waals surface area contributed by atoms with Crippen LogP contribution in [-0.2, 0) is 19.1 Å². The van der Waals surface area contributed by atoms with Crippen LogP contribution >= 0.6 is 11.8 Å². The molecule has 0 saturated carbocycles. The predicted octanol–water partition coefficient (Wildman–Crippen LogP) is 8.01. The third-order valence-electron chi connectivity index (χ3n) is 6.13. The average molecular weight is 529 g/mol. The highest BCUT2D eigenvalue weighted by molar-refractivity contribution is 7.99. The zero-order valence-electron chi connectivity index (χ0n) is 20.8. The summed E-state index contributed by atoms with van der Waals surface area (Å²) in [6.07, 6.45) is -4.68. The van der Waals surface area contributed by atoms with Gasteiger partial charge in [0.15, 0.2) is 0 Å². The number of fused-ring (bicyclic) bond motifs is 1. The second kappa shape index (κ2) is 11.0. The minimum absolute atomic E-state index is 0.0000667. The Morgan fingerprint density at radius 2 is 1.73 bits per heavy atom. The first-order valence-corrected chi connectivity index (χ1v) is 13.0. The number of amides is 1. The van der Waals surface area contributed by atoms with Crippen LogP contribution in [0.5, 0.6) is 0 Å². The largest absolute Gasteiger partial charge is 0.416 e. The number of carbonyl (C=O) groups excluding carboxylic acids is 1. The summed E-state index contributed by atoms with van der Waals surface area (Å²) >= 11 is 1.75. The number of carbonyl (C=O) groups is 1. The lowest BCUT2D eigenvalue weighted by atomic mass is 10.0. The normalized spacial score (nSPS) is 11.9. The summed E-state index contributed by atoms with van der Waals surface area (Å²) in [7, 11) is 0. The first-order valence-electron chi connectivity index (χ1n) is 12.1. The molecule has 0 saturated heterocycles. The Balaban J connectivity index is 1.59. The molecule has 0 aliphatic rings. The first-order chi connectivity index (χ1) is 17.6. The minimum Gasteiger partial charge on any atom is -0.348 e. The molecule has 37 heavy (non-hydrogen) atoms. The fraction of sp³-hybridized carbons (Fsp3) is 0.276. The van der Waals surface area contributed by atoms with Crippen LogP contribution in [0.1, 0.15) is 59.6 Å². The number of aromatic nitrogens is 1. The molecule has 0 spiro atoms. The monoisotopic (exact) mass is 528 g/mol. The van der Waals surface area contributed by atoms with Crippen molar-refractivity contribution in [2.24, 2.45) is 0 Å². The molecule has 4 rings (SSSR count). The van der Waals surface area contributed by atoms with Crippen molar-refractivity contribution < 1.29 is 22.4 Å². The van der Waals surface area contributed by atoms with Crippen LogP contribution in [0.3, 0.4) is 0 Å². The van der Waals surface area contributed by atoms with E-state index in [0.717, 1.165) is 28.3 Å². The molecule has 3 nitrogen and oxygen atoms in total. The van der Waals surface area contributed by atoms with Crippen molar-refractivity contribution in [1.82, 2.24) is 9.88 Å². The molecule has 0 radical (unpaired) electrons. The molecule has 0 bridgehead atoms. The Morgan fingerprint density at radius 3 is 2.38 bits per heavy atom. The molecule has 1 heterocycles. The topological polar surface area (TPSA) is 34.0 Å². The number of nitrogens with one attached hydrogen (secondary N) is 1. The number of benzene rings is 3. The lowest BCUT2D eigenvalue weighted by molar-refractivity contribution is -0.138. The fourth-order valence-corrected chi connectivity index (χ4v) is 5.16. The molecule has 4 aromatic rings. The average Bonchev–Trinajstić information content (AvgIpc) is 3.21. The van der Waals surface area contributed by atoms with Gasteiger partial charge in [-0.15, -0.1) is 11.8 Å². The number of alkyl halides is 3. The van der Waals surface area contributed by atoms with Gasteiger partial charge in [0.05, 0.1) is 5.56 Å². The Hall–Kier alpha value is -3.26. The molecule has 3 aromatic carbocycles. The van der Waals surface area contributed by atoms with Crippen LogP contribution in [0, 0.1) is 5.82 Å². The molecule has 1 N–H and O–H groups in total. The van der Waals surface area contributed by atoms with E-state index in [4.69, 9.17) is 0 Å². The molecule has 0 aliphatic heterocycles. The van der Waals surface area contributed by atoms with Crippen molar-refractivity contribution >= 4 is 28.6 Å². The van der Waals surface area contributed by atoms with Crippen LogP contribution in [0.15, 0.2) is 71.6 Å². The summed E-state index contributed by atoms with van der Waals surface area (Å²) in [5.41, 5.74) is 1.96. The molecule has 1 amide bonds. The molecule has 0 fully saturated rings. The van der Waals surface area contributed by atoms with E-state index in [0.29, 0.717) is 23.9 Å². The molecular formula is C29H28F4N2OS. The maximum Gasteiger partial charge on any atom is 0.416 e. The van der Waals surface area contributed by atoms with Gasteiger partial charge in [-0.2, -0.15) is 13.2 Å². The minimum atomic E-state index is -4.66. The van der Waals surface area contributed by atoms with Crippen molar-refractivity contribution in [2.45, 2.75) is 50.9 Å². The summed E-state index contributed by atoms with van der Waals surface area (Å²) in [6.45, 7) is 6.37. The number of halogens is 4. The highest BCUT2D eigenvalue weighted by atomic mass is 32.2. The lowest BCUT2D eigenvalue weighted by Gasteiger charge is -2.17. The molecule has 0 atom stereocenters. The van der Waals surface area contributed by atoms with E-state index in [-0.39, 0.29) is 23.9 Å². The number of thioether (sulfide) groups is 1. The van der Waals surface area contributed by atoms with Crippen molar-refractivity contribution in [3.8, 4) is 0 Å². The van der Waals surface area contributed by atoms with E-state index >= 15 is 0 Å². The summed E-state index contributed by atoms with van der Waals surface area (Å²) in [6, 6.07) is 17.9. The number of hydrogen-bond acceptors (Lipinski definition) is 2. The van der Waals surface area contributed by atoms with Gasteiger partial charge in [0.25, 0.3) is 5.91 Å². The van der Waals surface area contributed by atoms with E-state index in [1.54, 1.807) is 30.0 Å². The second-order valence-corrected chi connectivity index (χ2v) is 10.4. The van der Waals surface area contributed by atoms with E-state index in [1.807, 2.05) is 48.7 Å². The Bertz CT molecular complexity index is 1410. The Labute approximate surface area is 217 Å². The molecule has 0 aliphatic carbocycles.